The Bertz CT molecular complexity index is 486. The van der Waals surface area contributed by atoms with Gasteiger partial charge in [0.1, 0.15) is 0 Å². The number of benzene rings is 1. The van der Waals surface area contributed by atoms with Crippen molar-refractivity contribution >= 4 is 17.5 Å². The molecule has 5 nitrogen and oxygen atoms in total. The largest absolute Gasteiger partial charge is 0.369 e. The van der Waals surface area contributed by atoms with Crippen LogP contribution in [0.4, 0.5) is 17.5 Å². The van der Waals surface area contributed by atoms with E-state index in [2.05, 4.69) is 32.7 Å². The quantitative estimate of drug-likeness (QED) is 0.746. The Kier molecular flexibility index (Phi) is 5.10. The van der Waals surface area contributed by atoms with Crippen molar-refractivity contribution in [3.05, 3.63) is 36.5 Å². The van der Waals surface area contributed by atoms with E-state index in [-0.39, 0.29) is 0 Å². The summed E-state index contributed by atoms with van der Waals surface area (Å²) in [5.41, 5.74) is 0.951. The normalized spacial score (nSPS) is 10.2. The van der Waals surface area contributed by atoms with Crippen LogP contribution in [0.5, 0.6) is 0 Å². The molecule has 0 aliphatic carbocycles. The minimum atomic E-state index is 0.506. The number of unbranched alkanes of at least 4 members (excludes halogenated alkanes) is 2. The number of hydrogen-bond donors (Lipinski definition) is 2. The molecule has 100 valence electrons. The summed E-state index contributed by atoms with van der Waals surface area (Å²) in [6.07, 6.45) is 5.22. The van der Waals surface area contributed by atoms with E-state index in [4.69, 9.17) is 0 Å². The topological polar surface area (TPSA) is 62.7 Å². The fraction of sp³-hybridized carbons (Fsp3) is 0.357. The fourth-order valence-corrected chi connectivity index (χ4v) is 1.68. The third kappa shape index (κ3) is 4.54. The lowest BCUT2D eigenvalue weighted by atomic mass is 10.2. The third-order valence-corrected chi connectivity index (χ3v) is 2.68. The van der Waals surface area contributed by atoms with Gasteiger partial charge in [-0.1, -0.05) is 38.0 Å². The third-order valence-electron chi connectivity index (χ3n) is 2.68. The molecular formula is C14H19N5. The summed E-state index contributed by atoms with van der Waals surface area (Å²) in [7, 11) is 0. The average molecular weight is 257 g/mol. The first-order chi connectivity index (χ1) is 9.38. The zero-order valence-corrected chi connectivity index (χ0v) is 11.1. The van der Waals surface area contributed by atoms with Crippen molar-refractivity contribution in [2.45, 2.75) is 26.2 Å². The zero-order valence-electron chi connectivity index (χ0n) is 11.1. The van der Waals surface area contributed by atoms with E-state index < -0.39 is 0 Å². The Hall–Kier alpha value is -2.17. The van der Waals surface area contributed by atoms with Crippen LogP contribution in [-0.4, -0.2) is 21.7 Å². The van der Waals surface area contributed by atoms with Crippen LogP contribution in [0, 0.1) is 0 Å². The van der Waals surface area contributed by atoms with Crippen molar-refractivity contribution in [1.82, 2.24) is 15.2 Å². The van der Waals surface area contributed by atoms with E-state index >= 15 is 0 Å². The van der Waals surface area contributed by atoms with Gasteiger partial charge in [-0.15, -0.1) is 5.10 Å². The number of anilines is 3. The minimum absolute atomic E-state index is 0.506. The second-order valence-electron chi connectivity index (χ2n) is 4.29. The minimum Gasteiger partial charge on any atom is -0.369 e. The van der Waals surface area contributed by atoms with Crippen LogP contribution in [0.1, 0.15) is 26.2 Å². The first-order valence-electron chi connectivity index (χ1n) is 6.64. The van der Waals surface area contributed by atoms with Crippen LogP contribution in [-0.2, 0) is 0 Å². The van der Waals surface area contributed by atoms with Crippen molar-refractivity contribution in [3.8, 4) is 0 Å². The smallest absolute Gasteiger partial charge is 0.249 e. The Morgan fingerprint density at radius 2 is 1.95 bits per heavy atom. The molecule has 0 aliphatic rings. The summed E-state index contributed by atoms with van der Waals surface area (Å²) < 4.78 is 0. The predicted octanol–water partition coefficient (Wildman–Crippen LogP) is 3.22. The second-order valence-corrected chi connectivity index (χ2v) is 4.29. The summed E-state index contributed by atoms with van der Waals surface area (Å²) >= 11 is 0. The molecule has 0 atom stereocenters. The molecular weight excluding hydrogens is 238 g/mol. The van der Waals surface area contributed by atoms with Gasteiger partial charge in [-0.3, -0.25) is 0 Å². The predicted molar refractivity (Wildman–Crippen MR) is 77.6 cm³/mol. The molecule has 5 heteroatoms. The van der Waals surface area contributed by atoms with E-state index in [9.17, 15) is 0 Å². The number of nitrogens with one attached hydrogen (secondary N) is 2. The van der Waals surface area contributed by atoms with Gasteiger partial charge in [0.25, 0.3) is 0 Å². The van der Waals surface area contributed by atoms with Gasteiger partial charge in [0.05, 0.1) is 6.20 Å². The second kappa shape index (κ2) is 7.31. The lowest BCUT2D eigenvalue weighted by Gasteiger charge is -2.07. The first kappa shape index (κ1) is 13.3. The van der Waals surface area contributed by atoms with E-state index in [1.54, 1.807) is 6.20 Å². The van der Waals surface area contributed by atoms with Gasteiger partial charge in [0, 0.05) is 12.2 Å². The fourth-order valence-electron chi connectivity index (χ4n) is 1.68. The van der Waals surface area contributed by atoms with Gasteiger partial charge in [-0.25, -0.2) is 0 Å². The Labute approximate surface area is 113 Å². The molecule has 2 aromatic rings. The summed E-state index contributed by atoms with van der Waals surface area (Å²) in [4.78, 5) is 4.37. The number of nitrogens with zero attached hydrogens (tertiary/aromatic N) is 3. The van der Waals surface area contributed by atoms with Gasteiger partial charge < -0.3 is 10.6 Å². The van der Waals surface area contributed by atoms with Crippen LogP contribution < -0.4 is 10.6 Å². The van der Waals surface area contributed by atoms with Crippen LogP contribution in [0.25, 0.3) is 0 Å². The van der Waals surface area contributed by atoms with Gasteiger partial charge in [0.15, 0.2) is 5.82 Å². The van der Waals surface area contributed by atoms with Crippen molar-refractivity contribution in [2.75, 3.05) is 17.2 Å². The summed E-state index contributed by atoms with van der Waals surface area (Å²) in [6.45, 7) is 3.10. The number of rotatable bonds is 7. The summed E-state index contributed by atoms with van der Waals surface area (Å²) in [5, 5.41) is 14.3. The lowest BCUT2D eigenvalue weighted by Crippen LogP contribution is -2.06. The molecule has 2 rings (SSSR count). The molecule has 0 bridgehead atoms. The molecule has 0 saturated carbocycles. The molecule has 1 aromatic heterocycles. The van der Waals surface area contributed by atoms with Crippen molar-refractivity contribution < 1.29 is 0 Å². The Balaban J connectivity index is 1.91. The average Bonchev–Trinajstić information content (AvgIpc) is 2.45. The highest BCUT2D eigenvalue weighted by Gasteiger charge is 2.00. The maximum Gasteiger partial charge on any atom is 0.249 e. The highest BCUT2D eigenvalue weighted by Crippen LogP contribution is 2.12. The molecule has 0 saturated heterocycles. The van der Waals surface area contributed by atoms with Crippen molar-refractivity contribution in [2.24, 2.45) is 0 Å². The molecule has 19 heavy (non-hydrogen) atoms. The highest BCUT2D eigenvalue weighted by atomic mass is 15.3. The molecule has 0 fully saturated rings. The number of aromatic nitrogens is 3. The molecule has 0 aliphatic heterocycles. The molecule has 1 heterocycles. The lowest BCUT2D eigenvalue weighted by molar-refractivity contribution is 0.741. The van der Waals surface area contributed by atoms with Crippen LogP contribution in [0.3, 0.4) is 0 Å². The molecule has 0 amide bonds. The molecule has 0 radical (unpaired) electrons. The van der Waals surface area contributed by atoms with E-state index in [1.165, 1.54) is 12.8 Å². The maximum absolute atomic E-state index is 4.37. The zero-order chi connectivity index (χ0) is 13.3. The first-order valence-corrected chi connectivity index (χ1v) is 6.64. The standard InChI is InChI=1S/C14H19N5/c1-2-3-7-10-15-13-11-16-19-14(18-13)17-12-8-5-4-6-9-12/h4-6,8-9,11H,2-3,7,10H2,1H3,(H2,15,17,18,19). The summed E-state index contributed by atoms with van der Waals surface area (Å²) in [5.74, 6) is 1.26. The van der Waals surface area contributed by atoms with E-state index in [0.717, 1.165) is 24.5 Å². The van der Waals surface area contributed by atoms with E-state index in [1.807, 2.05) is 30.3 Å². The number of hydrogen-bond acceptors (Lipinski definition) is 5. The molecule has 2 N–H and O–H groups in total. The summed E-state index contributed by atoms with van der Waals surface area (Å²) in [6, 6.07) is 9.82. The van der Waals surface area contributed by atoms with Gasteiger partial charge in [-0.2, -0.15) is 10.1 Å². The van der Waals surface area contributed by atoms with Crippen molar-refractivity contribution in [1.29, 1.82) is 0 Å². The monoisotopic (exact) mass is 257 g/mol. The van der Waals surface area contributed by atoms with E-state index in [0.29, 0.717) is 5.95 Å². The molecule has 0 unspecified atom stereocenters. The number of para-hydroxylation sites is 1. The van der Waals surface area contributed by atoms with Gasteiger partial charge in [0.2, 0.25) is 5.95 Å². The van der Waals surface area contributed by atoms with Gasteiger partial charge >= 0.3 is 0 Å². The van der Waals surface area contributed by atoms with Crippen molar-refractivity contribution in [3.63, 3.8) is 0 Å². The van der Waals surface area contributed by atoms with Crippen LogP contribution >= 0.6 is 0 Å². The molecule has 1 aromatic carbocycles. The molecule has 0 spiro atoms. The van der Waals surface area contributed by atoms with Crippen LogP contribution in [0.2, 0.25) is 0 Å². The maximum atomic E-state index is 4.37. The SMILES string of the molecule is CCCCCNc1cnnc(Nc2ccccc2)n1. The highest BCUT2D eigenvalue weighted by molar-refractivity contribution is 5.53. The van der Waals surface area contributed by atoms with Crippen LogP contribution in [0.15, 0.2) is 36.5 Å². The van der Waals surface area contributed by atoms with Gasteiger partial charge in [-0.05, 0) is 18.6 Å². The Morgan fingerprint density at radius 1 is 1.11 bits per heavy atom. The Morgan fingerprint density at radius 3 is 2.74 bits per heavy atom.